The summed E-state index contributed by atoms with van der Waals surface area (Å²) in [6.45, 7) is 0.651. The summed E-state index contributed by atoms with van der Waals surface area (Å²) in [7, 11) is -1.88. The number of pyridine rings is 1. The van der Waals surface area contributed by atoms with Crippen molar-refractivity contribution >= 4 is 26.7 Å². The van der Waals surface area contributed by atoms with E-state index in [1.807, 2.05) is 30.3 Å². The second-order valence-corrected chi connectivity index (χ2v) is 7.29. The van der Waals surface area contributed by atoms with Crippen molar-refractivity contribution in [1.82, 2.24) is 4.98 Å². The molecule has 0 amide bonds. The van der Waals surface area contributed by atoms with Gasteiger partial charge in [0, 0.05) is 19.0 Å². The highest BCUT2D eigenvalue weighted by molar-refractivity contribution is 7.92. The molecule has 0 saturated carbocycles. The highest BCUT2D eigenvalue weighted by Gasteiger charge is 2.27. The fourth-order valence-corrected chi connectivity index (χ4v) is 3.84. The summed E-state index contributed by atoms with van der Waals surface area (Å²) < 4.78 is 31.5. The van der Waals surface area contributed by atoms with Crippen molar-refractivity contribution in [2.45, 2.75) is 18.9 Å². The molecule has 0 radical (unpaired) electrons. The van der Waals surface area contributed by atoms with Gasteiger partial charge in [0.25, 0.3) is 0 Å². The highest BCUT2D eigenvalue weighted by Crippen LogP contribution is 2.21. The van der Waals surface area contributed by atoms with Crippen LogP contribution in [-0.2, 0) is 14.8 Å². The lowest BCUT2D eigenvalue weighted by Gasteiger charge is -2.20. The van der Waals surface area contributed by atoms with Gasteiger partial charge < -0.3 is 4.74 Å². The molecule has 6 heteroatoms. The van der Waals surface area contributed by atoms with Crippen molar-refractivity contribution < 1.29 is 13.2 Å². The number of hydrogen-bond acceptors (Lipinski definition) is 4. The van der Waals surface area contributed by atoms with Crippen molar-refractivity contribution in [3.8, 4) is 0 Å². The standard InChI is InChI=1S/C15H18N2O3S/c1-17(21(18,19)11-13-6-4-10-20-13)15-9-8-12-5-2-3-7-14(12)16-15/h2-3,5,7-9,13H,4,6,10-11H2,1H3/t13-/m1/s1. The lowest BCUT2D eigenvalue weighted by molar-refractivity contribution is 0.127. The first kappa shape index (κ1) is 14.3. The van der Waals surface area contributed by atoms with Gasteiger partial charge in [-0.1, -0.05) is 18.2 Å². The molecule has 0 spiro atoms. The molecule has 5 nitrogen and oxygen atoms in total. The lowest BCUT2D eigenvalue weighted by Crippen LogP contribution is -2.34. The maximum Gasteiger partial charge on any atom is 0.238 e. The Hall–Kier alpha value is -1.66. The number of benzene rings is 1. The van der Waals surface area contributed by atoms with E-state index < -0.39 is 10.0 Å². The number of rotatable bonds is 4. The van der Waals surface area contributed by atoms with E-state index >= 15 is 0 Å². The van der Waals surface area contributed by atoms with Crippen molar-refractivity contribution in [3.63, 3.8) is 0 Å². The van der Waals surface area contributed by atoms with Crippen molar-refractivity contribution in [2.24, 2.45) is 0 Å². The van der Waals surface area contributed by atoms with Crippen LogP contribution in [0.25, 0.3) is 10.9 Å². The maximum absolute atomic E-state index is 12.4. The van der Waals surface area contributed by atoms with Crippen LogP contribution in [0.4, 0.5) is 5.82 Å². The molecule has 1 aliphatic rings. The van der Waals surface area contributed by atoms with Crippen LogP contribution in [0.15, 0.2) is 36.4 Å². The van der Waals surface area contributed by atoms with Crippen LogP contribution in [-0.4, -0.2) is 38.9 Å². The molecule has 2 aromatic rings. The largest absolute Gasteiger partial charge is 0.377 e. The van der Waals surface area contributed by atoms with E-state index in [9.17, 15) is 8.42 Å². The zero-order valence-electron chi connectivity index (χ0n) is 11.9. The molecule has 1 aromatic carbocycles. The zero-order valence-corrected chi connectivity index (χ0v) is 12.7. The van der Waals surface area contributed by atoms with Gasteiger partial charge in [-0.3, -0.25) is 4.31 Å². The quantitative estimate of drug-likeness (QED) is 0.868. The van der Waals surface area contributed by atoms with Gasteiger partial charge in [0.15, 0.2) is 0 Å². The van der Waals surface area contributed by atoms with Gasteiger partial charge in [-0.15, -0.1) is 0 Å². The summed E-state index contributed by atoms with van der Waals surface area (Å²) in [5.74, 6) is 0.449. The average Bonchev–Trinajstić information content (AvgIpc) is 2.98. The van der Waals surface area contributed by atoms with Crippen molar-refractivity contribution in [2.75, 3.05) is 23.7 Å². The Bertz CT molecular complexity index is 739. The monoisotopic (exact) mass is 306 g/mol. The minimum atomic E-state index is -3.42. The summed E-state index contributed by atoms with van der Waals surface area (Å²) in [6.07, 6.45) is 1.54. The molecule has 0 unspecified atom stereocenters. The van der Waals surface area contributed by atoms with E-state index in [2.05, 4.69) is 4.98 Å². The predicted molar refractivity (Wildman–Crippen MR) is 82.9 cm³/mol. The summed E-state index contributed by atoms with van der Waals surface area (Å²) >= 11 is 0. The normalized spacial score (nSPS) is 19.0. The Morgan fingerprint density at radius 2 is 2.10 bits per heavy atom. The molecule has 1 fully saturated rings. The fraction of sp³-hybridized carbons (Fsp3) is 0.400. The van der Waals surface area contributed by atoms with Crippen LogP contribution < -0.4 is 4.31 Å². The van der Waals surface area contributed by atoms with Gasteiger partial charge in [0.1, 0.15) is 5.82 Å². The van der Waals surface area contributed by atoms with E-state index in [0.717, 1.165) is 23.7 Å². The number of para-hydroxylation sites is 1. The zero-order chi connectivity index (χ0) is 14.9. The van der Waals surface area contributed by atoms with Crippen LogP contribution in [0.3, 0.4) is 0 Å². The summed E-state index contributed by atoms with van der Waals surface area (Å²) in [6, 6.07) is 11.3. The molecule has 2 heterocycles. The topological polar surface area (TPSA) is 59.5 Å². The van der Waals surface area contributed by atoms with E-state index in [4.69, 9.17) is 4.74 Å². The highest BCUT2D eigenvalue weighted by atomic mass is 32.2. The third kappa shape index (κ3) is 3.01. The van der Waals surface area contributed by atoms with Gasteiger partial charge in [0.2, 0.25) is 10.0 Å². The summed E-state index contributed by atoms with van der Waals surface area (Å²) in [5, 5.41) is 0.992. The molecular weight excluding hydrogens is 288 g/mol. The number of hydrogen-bond donors (Lipinski definition) is 0. The molecule has 0 N–H and O–H groups in total. The van der Waals surface area contributed by atoms with Gasteiger partial charge >= 0.3 is 0 Å². The van der Waals surface area contributed by atoms with Gasteiger partial charge in [-0.25, -0.2) is 13.4 Å². The maximum atomic E-state index is 12.4. The minimum absolute atomic E-state index is 0.0119. The predicted octanol–water partition coefficient (Wildman–Crippen LogP) is 2.18. The van der Waals surface area contributed by atoms with Crippen molar-refractivity contribution in [1.29, 1.82) is 0 Å². The number of sulfonamides is 1. The first-order valence-corrected chi connectivity index (χ1v) is 8.61. The smallest absolute Gasteiger partial charge is 0.238 e. The Morgan fingerprint density at radius 1 is 1.29 bits per heavy atom. The summed E-state index contributed by atoms with van der Waals surface area (Å²) in [4.78, 5) is 4.42. The number of aromatic nitrogens is 1. The second-order valence-electron chi connectivity index (χ2n) is 5.24. The molecule has 21 heavy (non-hydrogen) atoms. The van der Waals surface area contributed by atoms with Crippen LogP contribution in [0, 0.1) is 0 Å². The molecule has 1 aromatic heterocycles. The Kier molecular flexibility index (Phi) is 3.82. The van der Waals surface area contributed by atoms with Crippen LogP contribution in [0.2, 0.25) is 0 Å². The van der Waals surface area contributed by atoms with Crippen LogP contribution in [0.5, 0.6) is 0 Å². The van der Waals surface area contributed by atoms with E-state index in [-0.39, 0.29) is 11.9 Å². The Labute approximate surface area is 124 Å². The second kappa shape index (κ2) is 5.61. The first-order chi connectivity index (χ1) is 10.1. The van der Waals surface area contributed by atoms with Gasteiger partial charge in [-0.2, -0.15) is 0 Å². The molecule has 112 valence electrons. The SMILES string of the molecule is CN(c1ccc2ccccc2n1)S(=O)(=O)C[C@H]1CCCO1. The minimum Gasteiger partial charge on any atom is -0.377 e. The van der Waals surface area contributed by atoms with Gasteiger partial charge in [-0.05, 0) is 31.0 Å². The van der Waals surface area contributed by atoms with Crippen LogP contribution in [0.1, 0.15) is 12.8 Å². The molecule has 1 saturated heterocycles. The number of ether oxygens (including phenoxy) is 1. The fourth-order valence-electron chi connectivity index (χ4n) is 2.50. The molecule has 0 bridgehead atoms. The van der Waals surface area contributed by atoms with Gasteiger partial charge in [0.05, 0.1) is 17.4 Å². The molecular formula is C15H18N2O3S. The number of anilines is 1. The molecule has 0 aliphatic carbocycles. The Morgan fingerprint density at radius 3 is 2.86 bits per heavy atom. The average molecular weight is 306 g/mol. The third-order valence-electron chi connectivity index (χ3n) is 3.74. The number of nitrogens with zero attached hydrogens (tertiary/aromatic N) is 2. The molecule has 1 atom stereocenters. The molecule has 3 rings (SSSR count). The van der Waals surface area contributed by atoms with E-state index in [0.29, 0.717) is 12.4 Å². The third-order valence-corrected chi connectivity index (χ3v) is 5.56. The van der Waals surface area contributed by atoms with Crippen molar-refractivity contribution in [3.05, 3.63) is 36.4 Å². The summed E-state index contributed by atoms with van der Waals surface area (Å²) in [5.41, 5.74) is 0.786. The van der Waals surface area contributed by atoms with E-state index in [1.165, 1.54) is 4.31 Å². The Balaban J connectivity index is 1.86. The van der Waals surface area contributed by atoms with E-state index in [1.54, 1.807) is 13.1 Å². The first-order valence-electron chi connectivity index (χ1n) is 7.00. The number of fused-ring (bicyclic) bond motifs is 1. The lowest BCUT2D eigenvalue weighted by atomic mass is 10.2. The molecule has 1 aliphatic heterocycles. The van der Waals surface area contributed by atoms with Crippen LogP contribution >= 0.6 is 0 Å².